The highest BCUT2D eigenvalue weighted by atomic mass is 19.4. The predicted octanol–water partition coefficient (Wildman–Crippen LogP) is 3.10. The quantitative estimate of drug-likeness (QED) is 0.752. The van der Waals surface area contributed by atoms with Crippen molar-refractivity contribution in [2.45, 2.75) is 51.3 Å². The number of rotatable bonds is 4. The Morgan fingerprint density at radius 1 is 1.44 bits per heavy atom. The van der Waals surface area contributed by atoms with Gasteiger partial charge in [0.1, 0.15) is 0 Å². The van der Waals surface area contributed by atoms with Crippen LogP contribution in [0.2, 0.25) is 0 Å². The first-order valence-electron chi connectivity index (χ1n) is 5.69. The van der Waals surface area contributed by atoms with E-state index in [0.717, 1.165) is 12.8 Å². The first kappa shape index (κ1) is 13.5. The van der Waals surface area contributed by atoms with Crippen molar-refractivity contribution in [1.82, 2.24) is 0 Å². The summed E-state index contributed by atoms with van der Waals surface area (Å²) in [5.41, 5.74) is 0. The first-order chi connectivity index (χ1) is 7.46. The SMILES string of the molecule is CCCC[C@@H]1OCCC[C@H]1C(=O)C(F)(F)F. The number of hydrogen-bond acceptors (Lipinski definition) is 2. The Morgan fingerprint density at radius 3 is 2.69 bits per heavy atom. The molecule has 0 spiro atoms. The topological polar surface area (TPSA) is 26.3 Å². The zero-order valence-electron chi connectivity index (χ0n) is 9.35. The van der Waals surface area contributed by atoms with Crippen molar-refractivity contribution in [2.24, 2.45) is 5.92 Å². The minimum absolute atomic E-state index is 0.298. The van der Waals surface area contributed by atoms with Gasteiger partial charge in [0, 0.05) is 6.61 Å². The minimum Gasteiger partial charge on any atom is -0.377 e. The molecule has 1 saturated heterocycles. The first-order valence-corrected chi connectivity index (χ1v) is 5.69. The number of carbonyl (C=O) groups excluding carboxylic acids is 1. The predicted molar refractivity (Wildman–Crippen MR) is 53.1 cm³/mol. The molecule has 0 aromatic rings. The van der Waals surface area contributed by atoms with Crippen molar-refractivity contribution in [2.75, 3.05) is 6.61 Å². The molecule has 94 valence electrons. The van der Waals surface area contributed by atoms with Gasteiger partial charge in [-0.2, -0.15) is 13.2 Å². The summed E-state index contributed by atoms with van der Waals surface area (Å²) in [4.78, 5) is 11.2. The summed E-state index contributed by atoms with van der Waals surface area (Å²) in [7, 11) is 0. The molecule has 16 heavy (non-hydrogen) atoms. The standard InChI is InChI=1S/C11H17F3O2/c1-2-3-6-9-8(5-4-7-16-9)10(15)11(12,13)14/h8-9H,2-7H2,1H3/t8-,9+/m1/s1. The lowest BCUT2D eigenvalue weighted by Gasteiger charge is -2.31. The summed E-state index contributed by atoms with van der Waals surface area (Å²) in [6, 6.07) is 0. The van der Waals surface area contributed by atoms with E-state index in [2.05, 4.69) is 0 Å². The van der Waals surface area contributed by atoms with Crippen molar-refractivity contribution in [3.63, 3.8) is 0 Å². The Hall–Kier alpha value is -0.580. The molecule has 2 atom stereocenters. The van der Waals surface area contributed by atoms with E-state index in [1.54, 1.807) is 0 Å². The van der Waals surface area contributed by atoms with Gasteiger partial charge in [-0.25, -0.2) is 0 Å². The maximum absolute atomic E-state index is 12.3. The van der Waals surface area contributed by atoms with Gasteiger partial charge in [-0.15, -0.1) is 0 Å². The van der Waals surface area contributed by atoms with Crippen molar-refractivity contribution in [1.29, 1.82) is 0 Å². The molecule has 1 aliphatic rings. The van der Waals surface area contributed by atoms with Crippen LogP contribution in [0.15, 0.2) is 0 Å². The minimum atomic E-state index is -4.73. The van der Waals surface area contributed by atoms with Crippen LogP contribution in [0.3, 0.4) is 0 Å². The van der Waals surface area contributed by atoms with Gasteiger partial charge < -0.3 is 4.74 Å². The van der Waals surface area contributed by atoms with Gasteiger partial charge in [0.05, 0.1) is 12.0 Å². The van der Waals surface area contributed by atoms with Crippen LogP contribution in [0.4, 0.5) is 13.2 Å². The molecule has 1 heterocycles. The van der Waals surface area contributed by atoms with Crippen LogP contribution in [0.1, 0.15) is 39.0 Å². The van der Waals surface area contributed by atoms with E-state index in [0.29, 0.717) is 25.9 Å². The van der Waals surface area contributed by atoms with Crippen LogP contribution in [0, 0.1) is 5.92 Å². The fourth-order valence-electron chi connectivity index (χ4n) is 2.04. The van der Waals surface area contributed by atoms with E-state index in [1.807, 2.05) is 6.92 Å². The molecule has 5 heteroatoms. The van der Waals surface area contributed by atoms with E-state index in [-0.39, 0.29) is 0 Å². The van der Waals surface area contributed by atoms with Crippen LogP contribution in [-0.2, 0) is 9.53 Å². The van der Waals surface area contributed by atoms with Crippen LogP contribution >= 0.6 is 0 Å². The van der Waals surface area contributed by atoms with Gasteiger partial charge in [0.15, 0.2) is 0 Å². The van der Waals surface area contributed by atoms with Crippen LogP contribution in [-0.4, -0.2) is 24.7 Å². The molecule has 1 aliphatic heterocycles. The van der Waals surface area contributed by atoms with Crippen molar-refractivity contribution in [3.05, 3.63) is 0 Å². The molecule has 0 aliphatic carbocycles. The zero-order valence-corrected chi connectivity index (χ0v) is 9.35. The second-order valence-corrected chi connectivity index (χ2v) is 4.16. The fourth-order valence-corrected chi connectivity index (χ4v) is 2.04. The lowest BCUT2D eigenvalue weighted by molar-refractivity contribution is -0.183. The molecule has 2 nitrogen and oxygen atoms in total. The molecule has 0 radical (unpaired) electrons. The second kappa shape index (κ2) is 5.66. The fraction of sp³-hybridized carbons (Fsp3) is 0.909. The molecule has 0 unspecified atom stereocenters. The smallest absolute Gasteiger partial charge is 0.377 e. The summed E-state index contributed by atoms with van der Waals surface area (Å²) in [5.74, 6) is -2.60. The third-order valence-electron chi connectivity index (χ3n) is 2.90. The number of hydrogen-bond donors (Lipinski definition) is 0. The molecular formula is C11H17F3O2. The number of alkyl halides is 3. The summed E-state index contributed by atoms with van der Waals surface area (Å²) in [6.45, 7) is 2.43. The molecule has 0 aromatic carbocycles. The third kappa shape index (κ3) is 3.47. The number of ether oxygens (including phenoxy) is 1. The lowest BCUT2D eigenvalue weighted by Crippen LogP contribution is -2.41. The summed E-state index contributed by atoms with van der Waals surface area (Å²) >= 11 is 0. The van der Waals surface area contributed by atoms with E-state index in [4.69, 9.17) is 4.74 Å². The number of Topliss-reactive ketones (excluding diaryl/α,β-unsaturated/α-hetero) is 1. The Kier molecular flexibility index (Phi) is 4.77. The number of unbranched alkanes of at least 4 members (excludes halogenated alkanes) is 1. The van der Waals surface area contributed by atoms with Crippen molar-refractivity contribution < 1.29 is 22.7 Å². The van der Waals surface area contributed by atoms with E-state index >= 15 is 0 Å². The maximum atomic E-state index is 12.3. The summed E-state index contributed by atoms with van der Waals surface area (Å²) in [6.07, 6.45) is -2.19. The third-order valence-corrected chi connectivity index (χ3v) is 2.90. The Morgan fingerprint density at radius 2 is 2.12 bits per heavy atom. The molecule has 0 amide bonds. The van der Waals surface area contributed by atoms with Gasteiger partial charge in [-0.1, -0.05) is 19.8 Å². The maximum Gasteiger partial charge on any atom is 0.450 e. The molecule has 0 N–H and O–H groups in total. The molecule has 1 rings (SSSR count). The monoisotopic (exact) mass is 238 g/mol. The average Bonchev–Trinajstić information content (AvgIpc) is 2.24. The molecule has 0 bridgehead atoms. The van der Waals surface area contributed by atoms with Gasteiger partial charge in [0.2, 0.25) is 5.78 Å². The largest absolute Gasteiger partial charge is 0.450 e. The van der Waals surface area contributed by atoms with Gasteiger partial charge in [0.25, 0.3) is 0 Å². The van der Waals surface area contributed by atoms with Gasteiger partial charge in [-0.05, 0) is 19.3 Å². The molecule has 1 fully saturated rings. The molecule has 0 saturated carbocycles. The number of ketones is 1. The summed E-state index contributed by atoms with van der Waals surface area (Å²) in [5, 5.41) is 0. The van der Waals surface area contributed by atoms with Crippen molar-refractivity contribution >= 4 is 5.78 Å². The molecular weight excluding hydrogens is 221 g/mol. The normalized spacial score (nSPS) is 26.8. The number of halogens is 3. The van der Waals surface area contributed by atoms with Crippen molar-refractivity contribution in [3.8, 4) is 0 Å². The van der Waals surface area contributed by atoms with E-state index < -0.39 is 24.0 Å². The molecule has 0 aromatic heterocycles. The van der Waals surface area contributed by atoms with Crippen LogP contribution in [0.5, 0.6) is 0 Å². The lowest BCUT2D eigenvalue weighted by atomic mass is 9.87. The second-order valence-electron chi connectivity index (χ2n) is 4.16. The Labute approximate surface area is 93.2 Å². The highest BCUT2D eigenvalue weighted by Crippen LogP contribution is 2.31. The van der Waals surface area contributed by atoms with Gasteiger partial charge in [-0.3, -0.25) is 4.79 Å². The Balaban J connectivity index is 2.63. The Bertz CT molecular complexity index is 238. The zero-order chi connectivity index (χ0) is 12.2. The number of carbonyl (C=O) groups is 1. The summed E-state index contributed by atoms with van der Waals surface area (Å²) < 4.78 is 42.3. The van der Waals surface area contributed by atoms with E-state index in [1.165, 1.54) is 0 Å². The van der Waals surface area contributed by atoms with Crippen LogP contribution < -0.4 is 0 Å². The average molecular weight is 238 g/mol. The van der Waals surface area contributed by atoms with Gasteiger partial charge >= 0.3 is 6.18 Å². The highest BCUT2D eigenvalue weighted by molar-refractivity contribution is 5.86. The van der Waals surface area contributed by atoms with E-state index in [9.17, 15) is 18.0 Å². The highest BCUT2D eigenvalue weighted by Gasteiger charge is 2.46. The van der Waals surface area contributed by atoms with Crippen LogP contribution in [0.25, 0.3) is 0 Å².